The molecular formula is C18H16FIN2O. The summed E-state index contributed by atoms with van der Waals surface area (Å²) in [6, 6.07) is 14.2. The second-order valence-electron chi connectivity index (χ2n) is 5.57. The zero-order valence-corrected chi connectivity index (χ0v) is 14.6. The van der Waals surface area contributed by atoms with Crippen molar-refractivity contribution in [3.8, 4) is 6.07 Å². The number of alkyl halides is 1. The van der Waals surface area contributed by atoms with Gasteiger partial charge in [-0.05, 0) is 82.9 Å². The van der Waals surface area contributed by atoms with E-state index in [9.17, 15) is 4.39 Å². The minimum atomic E-state index is -0.637. The minimum Gasteiger partial charge on any atom is -0.347 e. The van der Waals surface area contributed by atoms with Crippen molar-refractivity contribution >= 4 is 22.6 Å². The lowest BCUT2D eigenvalue weighted by molar-refractivity contribution is -0.0102. The van der Waals surface area contributed by atoms with Crippen LogP contribution in [0.2, 0.25) is 0 Å². The Kier molecular flexibility index (Phi) is 4.67. The van der Waals surface area contributed by atoms with Crippen LogP contribution in [0.3, 0.4) is 0 Å². The van der Waals surface area contributed by atoms with Crippen LogP contribution < -0.4 is 5.73 Å². The number of nitrogens with two attached hydrogens (primary N) is 1. The van der Waals surface area contributed by atoms with Gasteiger partial charge in [-0.3, -0.25) is 0 Å². The van der Waals surface area contributed by atoms with Crippen molar-refractivity contribution in [3.05, 3.63) is 70.5 Å². The Bertz CT molecular complexity index is 757. The number of benzene rings is 2. The summed E-state index contributed by atoms with van der Waals surface area (Å²) in [5.41, 5.74) is 8.64. The van der Waals surface area contributed by atoms with E-state index < -0.39 is 5.60 Å². The molecule has 2 atom stereocenters. The molecule has 5 heteroatoms. The summed E-state index contributed by atoms with van der Waals surface area (Å²) < 4.78 is 19.5. The summed E-state index contributed by atoms with van der Waals surface area (Å²) in [5, 5.41) is 9.12. The van der Waals surface area contributed by atoms with Gasteiger partial charge in [0.1, 0.15) is 15.5 Å². The highest BCUT2D eigenvalue weighted by molar-refractivity contribution is 14.1. The van der Waals surface area contributed by atoms with Gasteiger partial charge in [0.25, 0.3) is 0 Å². The van der Waals surface area contributed by atoms with Crippen LogP contribution in [-0.4, -0.2) is 6.54 Å². The molecule has 1 heterocycles. The first-order valence-electron chi connectivity index (χ1n) is 7.43. The van der Waals surface area contributed by atoms with Crippen LogP contribution in [-0.2, 0) is 10.3 Å². The van der Waals surface area contributed by atoms with Crippen molar-refractivity contribution in [2.24, 2.45) is 5.73 Å². The van der Waals surface area contributed by atoms with Crippen molar-refractivity contribution in [2.75, 3.05) is 6.54 Å². The molecule has 3 nitrogen and oxygen atoms in total. The van der Waals surface area contributed by atoms with E-state index >= 15 is 0 Å². The number of ether oxygens (including phenoxy) is 1. The van der Waals surface area contributed by atoms with Gasteiger partial charge in [0, 0.05) is 0 Å². The van der Waals surface area contributed by atoms with E-state index in [4.69, 9.17) is 15.7 Å². The van der Waals surface area contributed by atoms with E-state index in [-0.39, 0.29) is 9.93 Å². The van der Waals surface area contributed by atoms with E-state index in [1.165, 1.54) is 12.1 Å². The smallest absolute Gasteiger partial charge is 0.135 e. The van der Waals surface area contributed by atoms with E-state index in [0.717, 1.165) is 23.1 Å². The maximum atomic E-state index is 13.3. The highest BCUT2D eigenvalue weighted by atomic mass is 127. The predicted molar refractivity (Wildman–Crippen MR) is 94.5 cm³/mol. The summed E-state index contributed by atoms with van der Waals surface area (Å²) in [6.07, 6.45) is 1.51. The summed E-state index contributed by atoms with van der Waals surface area (Å²) >= 11 is 2.23. The third kappa shape index (κ3) is 2.87. The number of nitrogens with zero attached hydrogens (tertiary/aromatic N) is 1. The Labute approximate surface area is 148 Å². The van der Waals surface area contributed by atoms with E-state index in [2.05, 4.69) is 28.7 Å². The first-order chi connectivity index (χ1) is 11.1. The molecule has 0 bridgehead atoms. The van der Waals surface area contributed by atoms with Gasteiger partial charge < -0.3 is 10.5 Å². The topological polar surface area (TPSA) is 59.0 Å². The molecule has 0 aliphatic carbocycles. The molecule has 2 aromatic carbocycles. The first kappa shape index (κ1) is 16.4. The predicted octanol–water partition coefficient (Wildman–Crippen LogP) is 4.14. The van der Waals surface area contributed by atoms with Crippen LogP contribution in [0.5, 0.6) is 0 Å². The molecule has 23 heavy (non-hydrogen) atoms. The van der Waals surface area contributed by atoms with Gasteiger partial charge in [-0.2, -0.15) is 5.26 Å². The summed E-state index contributed by atoms with van der Waals surface area (Å²) in [4.78, 5) is 0. The molecule has 0 amide bonds. The third-order valence-electron chi connectivity index (χ3n) is 4.21. The molecule has 0 aromatic heterocycles. The van der Waals surface area contributed by atoms with E-state index in [0.29, 0.717) is 18.5 Å². The number of hydrogen-bond acceptors (Lipinski definition) is 3. The molecule has 3 rings (SSSR count). The largest absolute Gasteiger partial charge is 0.347 e. The van der Waals surface area contributed by atoms with Gasteiger partial charge in [0.15, 0.2) is 0 Å². The first-order valence-corrected chi connectivity index (χ1v) is 8.68. The van der Waals surface area contributed by atoms with Crippen LogP contribution in [0, 0.1) is 17.1 Å². The van der Waals surface area contributed by atoms with Crippen LogP contribution >= 0.6 is 22.6 Å². The fourth-order valence-corrected chi connectivity index (χ4v) is 4.07. The van der Waals surface area contributed by atoms with Gasteiger partial charge in [0.2, 0.25) is 0 Å². The van der Waals surface area contributed by atoms with Gasteiger partial charge >= 0.3 is 0 Å². The number of rotatable bonds is 4. The van der Waals surface area contributed by atoms with Crippen molar-refractivity contribution in [2.45, 2.75) is 22.6 Å². The van der Waals surface area contributed by atoms with Gasteiger partial charge in [-0.15, -0.1) is 0 Å². The van der Waals surface area contributed by atoms with Crippen LogP contribution in [0.1, 0.15) is 39.2 Å². The van der Waals surface area contributed by atoms with Crippen molar-refractivity contribution in [1.82, 2.24) is 0 Å². The molecule has 118 valence electrons. The van der Waals surface area contributed by atoms with Gasteiger partial charge in [0.05, 0.1) is 11.6 Å². The Hall–Kier alpha value is -1.49. The van der Waals surface area contributed by atoms with Gasteiger partial charge in [-0.25, -0.2) is 4.39 Å². The number of hydrogen-bond donors (Lipinski definition) is 1. The average Bonchev–Trinajstić information content (AvgIpc) is 2.86. The van der Waals surface area contributed by atoms with Crippen LogP contribution in [0.15, 0.2) is 42.5 Å². The molecule has 2 aromatic rings. The average molecular weight is 422 g/mol. The standard InChI is InChI=1S/C18H16FIN2O/c19-14-5-3-13(4-6-14)18(8-1-9-21)16-7-2-12(11-22)10-15(16)17(20)23-18/h2-7,10,17H,1,8-9,21H2. The molecule has 0 saturated carbocycles. The molecule has 0 radical (unpaired) electrons. The Morgan fingerprint density at radius 2 is 2.00 bits per heavy atom. The number of nitriles is 1. The molecular weight excluding hydrogens is 406 g/mol. The van der Waals surface area contributed by atoms with Crippen LogP contribution in [0.4, 0.5) is 4.39 Å². The molecule has 0 fully saturated rings. The van der Waals surface area contributed by atoms with Crippen molar-refractivity contribution in [3.63, 3.8) is 0 Å². The zero-order valence-electron chi connectivity index (χ0n) is 12.4. The Morgan fingerprint density at radius 1 is 1.26 bits per heavy atom. The van der Waals surface area contributed by atoms with E-state index in [1.807, 2.05) is 12.1 Å². The molecule has 1 aliphatic rings. The quantitative estimate of drug-likeness (QED) is 0.595. The maximum absolute atomic E-state index is 13.3. The second kappa shape index (κ2) is 6.56. The van der Waals surface area contributed by atoms with Crippen molar-refractivity contribution in [1.29, 1.82) is 5.26 Å². The fourth-order valence-electron chi connectivity index (χ4n) is 3.12. The summed E-state index contributed by atoms with van der Waals surface area (Å²) in [6.45, 7) is 0.559. The fraction of sp³-hybridized carbons (Fsp3) is 0.278. The van der Waals surface area contributed by atoms with E-state index in [1.54, 1.807) is 18.2 Å². The number of fused-ring (bicyclic) bond motifs is 1. The summed E-state index contributed by atoms with van der Waals surface area (Å²) in [7, 11) is 0. The molecule has 2 unspecified atom stereocenters. The lowest BCUT2D eigenvalue weighted by Crippen LogP contribution is -2.28. The van der Waals surface area contributed by atoms with Crippen molar-refractivity contribution < 1.29 is 9.13 Å². The zero-order chi connectivity index (χ0) is 16.4. The minimum absolute atomic E-state index is 0.154. The number of halogens is 2. The molecule has 1 aliphatic heterocycles. The van der Waals surface area contributed by atoms with Gasteiger partial charge in [-0.1, -0.05) is 18.2 Å². The lowest BCUT2D eigenvalue weighted by Gasteiger charge is -2.31. The maximum Gasteiger partial charge on any atom is 0.135 e. The third-order valence-corrected chi connectivity index (χ3v) is 5.13. The normalized spacial score (nSPS) is 22.6. The lowest BCUT2D eigenvalue weighted by atomic mass is 9.81. The monoisotopic (exact) mass is 422 g/mol. The Morgan fingerprint density at radius 3 is 2.65 bits per heavy atom. The van der Waals surface area contributed by atoms with Crippen LogP contribution in [0.25, 0.3) is 0 Å². The summed E-state index contributed by atoms with van der Waals surface area (Å²) in [5.74, 6) is -0.271. The highest BCUT2D eigenvalue weighted by Gasteiger charge is 2.45. The SMILES string of the molecule is N#Cc1ccc2c(c1)C(I)OC2(CCCN)c1ccc(F)cc1. The molecule has 2 N–H and O–H groups in total. The Balaban J connectivity index is 2.15. The highest BCUT2D eigenvalue weighted by Crippen LogP contribution is 2.52. The molecule has 0 spiro atoms. The second-order valence-corrected chi connectivity index (χ2v) is 6.71. The molecule has 0 saturated heterocycles.